The summed E-state index contributed by atoms with van der Waals surface area (Å²) < 4.78 is 13.3. The maximum atomic E-state index is 13.3. The Balaban J connectivity index is 2.13. The predicted molar refractivity (Wildman–Crippen MR) is 70.7 cm³/mol. The van der Waals surface area contributed by atoms with Crippen LogP contribution in [0.4, 0.5) is 15.9 Å². The molecule has 0 aliphatic heterocycles. The molecule has 2 rings (SSSR count). The first-order valence-corrected chi connectivity index (χ1v) is 5.67. The van der Waals surface area contributed by atoms with Gasteiger partial charge in [0, 0.05) is 12.7 Å². The van der Waals surface area contributed by atoms with Crippen LogP contribution < -0.4 is 10.6 Å². The summed E-state index contributed by atoms with van der Waals surface area (Å²) in [7, 11) is 1.71. The Morgan fingerprint density at radius 2 is 2.05 bits per heavy atom. The molecule has 1 amide bonds. The van der Waals surface area contributed by atoms with Crippen molar-refractivity contribution in [3.05, 3.63) is 47.7 Å². The van der Waals surface area contributed by atoms with Crippen LogP contribution in [-0.4, -0.2) is 22.9 Å². The highest BCUT2D eigenvalue weighted by Gasteiger charge is 2.09. The van der Waals surface area contributed by atoms with Gasteiger partial charge in [0.2, 0.25) is 0 Å². The largest absolute Gasteiger partial charge is 0.372 e. The van der Waals surface area contributed by atoms with E-state index in [9.17, 15) is 9.18 Å². The zero-order chi connectivity index (χ0) is 13.8. The van der Waals surface area contributed by atoms with Crippen LogP contribution in [0.25, 0.3) is 0 Å². The summed E-state index contributed by atoms with van der Waals surface area (Å²) in [4.78, 5) is 19.8. The van der Waals surface area contributed by atoms with E-state index in [2.05, 4.69) is 20.6 Å². The summed E-state index contributed by atoms with van der Waals surface area (Å²) in [5.74, 6) is -0.231. The third-order valence-electron chi connectivity index (χ3n) is 2.57. The van der Waals surface area contributed by atoms with Crippen LogP contribution in [0.1, 0.15) is 16.1 Å². The SMILES string of the molecule is CNc1cnc(C(=O)Nc2ccc(C)c(F)c2)cn1. The second-order valence-electron chi connectivity index (χ2n) is 3.95. The second-order valence-corrected chi connectivity index (χ2v) is 3.95. The van der Waals surface area contributed by atoms with Gasteiger partial charge in [-0.15, -0.1) is 0 Å². The Hall–Kier alpha value is -2.50. The average Bonchev–Trinajstić information content (AvgIpc) is 2.43. The third kappa shape index (κ3) is 3.04. The van der Waals surface area contributed by atoms with Gasteiger partial charge in [-0.1, -0.05) is 6.07 Å². The van der Waals surface area contributed by atoms with Crippen molar-refractivity contribution in [2.24, 2.45) is 0 Å². The van der Waals surface area contributed by atoms with Gasteiger partial charge in [0.1, 0.15) is 17.3 Å². The molecule has 0 aliphatic carbocycles. The molecule has 5 nitrogen and oxygen atoms in total. The second kappa shape index (κ2) is 5.43. The number of aromatic nitrogens is 2. The van der Waals surface area contributed by atoms with E-state index in [1.807, 2.05) is 0 Å². The lowest BCUT2D eigenvalue weighted by molar-refractivity contribution is 0.102. The Morgan fingerprint density at radius 3 is 2.63 bits per heavy atom. The van der Waals surface area contributed by atoms with Crippen LogP contribution in [0.15, 0.2) is 30.6 Å². The van der Waals surface area contributed by atoms with Gasteiger partial charge in [-0.25, -0.2) is 14.4 Å². The third-order valence-corrected chi connectivity index (χ3v) is 2.57. The van der Waals surface area contributed by atoms with Gasteiger partial charge in [-0.05, 0) is 24.6 Å². The molecule has 98 valence electrons. The minimum Gasteiger partial charge on any atom is -0.372 e. The van der Waals surface area contributed by atoms with E-state index < -0.39 is 5.91 Å². The molecule has 1 aromatic heterocycles. The Kier molecular flexibility index (Phi) is 3.70. The standard InChI is InChI=1S/C13H13FN4O/c1-8-3-4-9(5-10(8)14)18-13(19)11-6-17-12(15-2)7-16-11/h3-7H,1-2H3,(H,15,17)(H,18,19). The number of carbonyl (C=O) groups excluding carboxylic acids is 1. The number of benzene rings is 1. The first-order valence-electron chi connectivity index (χ1n) is 5.67. The fourth-order valence-corrected chi connectivity index (χ4v) is 1.44. The van der Waals surface area contributed by atoms with E-state index in [0.717, 1.165) is 0 Å². The van der Waals surface area contributed by atoms with Crippen LogP contribution >= 0.6 is 0 Å². The van der Waals surface area contributed by atoms with Gasteiger partial charge in [0.25, 0.3) is 5.91 Å². The Bertz CT molecular complexity index is 598. The van der Waals surface area contributed by atoms with Crippen LogP contribution in [0, 0.1) is 12.7 Å². The topological polar surface area (TPSA) is 66.9 Å². The van der Waals surface area contributed by atoms with Gasteiger partial charge < -0.3 is 10.6 Å². The summed E-state index contributed by atoms with van der Waals surface area (Å²) in [6.07, 6.45) is 2.80. The molecule has 0 saturated heterocycles. The molecule has 0 spiro atoms. The summed E-state index contributed by atoms with van der Waals surface area (Å²) in [5, 5.41) is 5.36. The summed E-state index contributed by atoms with van der Waals surface area (Å²) in [6.45, 7) is 1.66. The molecule has 2 N–H and O–H groups in total. The molecular formula is C13H13FN4O. The van der Waals surface area contributed by atoms with E-state index >= 15 is 0 Å². The number of hydrogen-bond donors (Lipinski definition) is 2. The summed E-state index contributed by atoms with van der Waals surface area (Å²) >= 11 is 0. The molecule has 6 heteroatoms. The van der Waals surface area contributed by atoms with Crippen molar-refractivity contribution in [3.63, 3.8) is 0 Å². The molecule has 0 fully saturated rings. The fraction of sp³-hybridized carbons (Fsp3) is 0.154. The smallest absolute Gasteiger partial charge is 0.275 e. The van der Waals surface area contributed by atoms with Gasteiger partial charge in [0.15, 0.2) is 0 Å². The highest BCUT2D eigenvalue weighted by Crippen LogP contribution is 2.14. The maximum absolute atomic E-state index is 13.3. The quantitative estimate of drug-likeness (QED) is 0.888. The van der Waals surface area contributed by atoms with Crippen LogP contribution in [0.2, 0.25) is 0 Å². The number of halogens is 1. The number of rotatable bonds is 3. The number of anilines is 2. The van der Waals surface area contributed by atoms with Crippen molar-refractivity contribution in [1.29, 1.82) is 0 Å². The van der Waals surface area contributed by atoms with E-state index in [-0.39, 0.29) is 11.5 Å². The van der Waals surface area contributed by atoms with Crippen molar-refractivity contribution < 1.29 is 9.18 Å². The number of carbonyl (C=O) groups is 1. The number of aryl methyl sites for hydroxylation is 1. The Labute approximate surface area is 109 Å². The minimum absolute atomic E-state index is 0.167. The van der Waals surface area contributed by atoms with Crippen LogP contribution in [0.5, 0.6) is 0 Å². The molecule has 0 radical (unpaired) electrons. The van der Waals surface area contributed by atoms with Crippen molar-refractivity contribution in [2.75, 3.05) is 17.7 Å². The molecule has 0 aliphatic rings. The van der Waals surface area contributed by atoms with Crippen LogP contribution in [-0.2, 0) is 0 Å². The maximum Gasteiger partial charge on any atom is 0.275 e. The monoisotopic (exact) mass is 260 g/mol. The van der Waals surface area contributed by atoms with E-state index in [0.29, 0.717) is 17.1 Å². The molecule has 2 aromatic rings. The van der Waals surface area contributed by atoms with Gasteiger partial charge >= 0.3 is 0 Å². The molecule has 0 atom stereocenters. The van der Waals surface area contributed by atoms with E-state index in [1.54, 1.807) is 26.1 Å². The number of amides is 1. The molecule has 0 unspecified atom stereocenters. The zero-order valence-corrected chi connectivity index (χ0v) is 10.6. The molecule has 0 bridgehead atoms. The normalized spacial score (nSPS) is 10.1. The number of nitrogens with zero attached hydrogens (tertiary/aromatic N) is 2. The molecule has 1 heterocycles. The van der Waals surface area contributed by atoms with Gasteiger partial charge in [0.05, 0.1) is 12.4 Å². The average molecular weight is 260 g/mol. The fourth-order valence-electron chi connectivity index (χ4n) is 1.44. The highest BCUT2D eigenvalue weighted by molar-refractivity contribution is 6.02. The lowest BCUT2D eigenvalue weighted by Crippen LogP contribution is -2.14. The first-order chi connectivity index (χ1) is 9.10. The number of nitrogens with one attached hydrogen (secondary N) is 2. The summed E-state index contributed by atoms with van der Waals surface area (Å²) in [5.41, 5.74) is 1.07. The molecular weight excluding hydrogens is 247 g/mol. The number of hydrogen-bond acceptors (Lipinski definition) is 4. The van der Waals surface area contributed by atoms with Gasteiger partial charge in [-0.3, -0.25) is 4.79 Å². The van der Waals surface area contributed by atoms with E-state index in [4.69, 9.17) is 0 Å². The molecule has 19 heavy (non-hydrogen) atoms. The Morgan fingerprint density at radius 1 is 1.26 bits per heavy atom. The van der Waals surface area contributed by atoms with Crippen molar-refractivity contribution in [2.45, 2.75) is 6.92 Å². The van der Waals surface area contributed by atoms with E-state index in [1.165, 1.54) is 18.5 Å². The predicted octanol–water partition coefficient (Wildman–Crippen LogP) is 2.22. The molecule has 0 saturated carbocycles. The van der Waals surface area contributed by atoms with Gasteiger partial charge in [-0.2, -0.15) is 0 Å². The van der Waals surface area contributed by atoms with Crippen molar-refractivity contribution in [3.8, 4) is 0 Å². The van der Waals surface area contributed by atoms with Crippen molar-refractivity contribution >= 4 is 17.4 Å². The van der Waals surface area contributed by atoms with Crippen LogP contribution in [0.3, 0.4) is 0 Å². The lowest BCUT2D eigenvalue weighted by Gasteiger charge is -2.06. The summed E-state index contributed by atoms with van der Waals surface area (Å²) in [6, 6.07) is 4.50. The first kappa shape index (κ1) is 12.9. The lowest BCUT2D eigenvalue weighted by atomic mass is 10.2. The van der Waals surface area contributed by atoms with Crippen molar-refractivity contribution in [1.82, 2.24) is 9.97 Å². The molecule has 1 aromatic carbocycles. The minimum atomic E-state index is -0.432. The zero-order valence-electron chi connectivity index (χ0n) is 10.6. The highest BCUT2D eigenvalue weighted by atomic mass is 19.1.